The number of aromatic nitrogens is 2. The van der Waals surface area contributed by atoms with Gasteiger partial charge in [0.05, 0.1) is 16.4 Å². The summed E-state index contributed by atoms with van der Waals surface area (Å²) in [6.07, 6.45) is 3.57. The Labute approximate surface area is 180 Å². The van der Waals surface area contributed by atoms with Crippen molar-refractivity contribution in [1.29, 1.82) is 0 Å². The fourth-order valence-electron chi connectivity index (χ4n) is 3.87. The molecule has 6 heteroatoms. The molecular weight excluding hydrogens is 398 g/mol. The number of hydrogen-bond donors (Lipinski definition) is 1. The van der Waals surface area contributed by atoms with Gasteiger partial charge in [-0.2, -0.15) is 5.10 Å². The van der Waals surface area contributed by atoms with Gasteiger partial charge in [0, 0.05) is 11.1 Å². The zero-order valence-electron chi connectivity index (χ0n) is 17.1. The van der Waals surface area contributed by atoms with E-state index < -0.39 is 6.04 Å². The Hall–Kier alpha value is -2.92. The quantitative estimate of drug-likeness (QED) is 0.648. The fraction of sp³-hybridized carbons (Fsp3) is 0.292. The SMILES string of the molecule is Cc1ccc(-c2nn([C@H](C)C(=O)Nc3ccccc3Cl)c(=O)c3c2CCCC3)cc1. The Balaban J connectivity index is 1.76. The van der Waals surface area contributed by atoms with Crippen LogP contribution in [0.2, 0.25) is 5.02 Å². The van der Waals surface area contributed by atoms with Crippen LogP contribution in [-0.4, -0.2) is 15.7 Å². The molecule has 0 fully saturated rings. The van der Waals surface area contributed by atoms with E-state index in [1.165, 1.54) is 4.68 Å². The van der Waals surface area contributed by atoms with Gasteiger partial charge in [0.15, 0.2) is 0 Å². The predicted molar refractivity (Wildman–Crippen MR) is 120 cm³/mol. The van der Waals surface area contributed by atoms with Gasteiger partial charge >= 0.3 is 0 Å². The molecule has 1 aromatic heterocycles. The van der Waals surface area contributed by atoms with Crippen LogP contribution in [-0.2, 0) is 17.6 Å². The molecular formula is C24H24ClN3O2. The number of carbonyl (C=O) groups is 1. The van der Waals surface area contributed by atoms with Crippen LogP contribution in [0.1, 0.15) is 42.5 Å². The van der Waals surface area contributed by atoms with Crippen molar-refractivity contribution in [3.05, 3.63) is 80.6 Å². The molecule has 0 saturated carbocycles. The molecule has 1 aliphatic carbocycles. The Morgan fingerprint density at radius 3 is 2.43 bits per heavy atom. The van der Waals surface area contributed by atoms with Crippen molar-refractivity contribution in [2.75, 3.05) is 5.32 Å². The molecule has 3 aromatic rings. The lowest BCUT2D eigenvalue weighted by Crippen LogP contribution is -2.37. The van der Waals surface area contributed by atoms with Crippen molar-refractivity contribution in [3.63, 3.8) is 0 Å². The van der Waals surface area contributed by atoms with Gasteiger partial charge in [0.2, 0.25) is 5.91 Å². The van der Waals surface area contributed by atoms with Gasteiger partial charge < -0.3 is 5.32 Å². The molecule has 0 spiro atoms. The highest BCUT2D eigenvalue weighted by Gasteiger charge is 2.25. The van der Waals surface area contributed by atoms with E-state index in [2.05, 4.69) is 10.4 Å². The van der Waals surface area contributed by atoms with Crippen molar-refractivity contribution in [3.8, 4) is 11.3 Å². The summed E-state index contributed by atoms with van der Waals surface area (Å²) >= 11 is 6.16. The maximum absolute atomic E-state index is 13.2. The molecule has 5 nitrogen and oxygen atoms in total. The van der Waals surface area contributed by atoms with Gasteiger partial charge in [-0.3, -0.25) is 9.59 Å². The summed E-state index contributed by atoms with van der Waals surface area (Å²) in [6, 6.07) is 14.4. The molecule has 1 atom stereocenters. The number of halogens is 1. The summed E-state index contributed by atoms with van der Waals surface area (Å²) in [5, 5.41) is 7.94. The van der Waals surface area contributed by atoms with Crippen LogP contribution in [0.5, 0.6) is 0 Å². The highest BCUT2D eigenvalue weighted by Crippen LogP contribution is 2.29. The molecule has 1 heterocycles. The number of benzene rings is 2. The lowest BCUT2D eigenvalue weighted by molar-refractivity contribution is -0.119. The average Bonchev–Trinajstić information content (AvgIpc) is 2.76. The third-order valence-electron chi connectivity index (χ3n) is 5.63. The standard InChI is InChI=1S/C24H24ClN3O2/c1-15-11-13-17(14-12-15)22-18-7-3-4-8-19(18)24(30)28(27-22)16(2)23(29)26-21-10-6-5-9-20(21)25/h5-6,9-14,16H,3-4,7-8H2,1-2H3,(H,26,29)/t16-/m1/s1. The second-order valence-electron chi connectivity index (χ2n) is 7.77. The van der Waals surface area contributed by atoms with Gasteiger partial charge in [-0.15, -0.1) is 0 Å². The molecule has 0 aliphatic heterocycles. The minimum Gasteiger partial charge on any atom is -0.323 e. The molecule has 1 N–H and O–H groups in total. The average molecular weight is 422 g/mol. The Bertz CT molecular complexity index is 1150. The van der Waals surface area contributed by atoms with E-state index in [-0.39, 0.29) is 11.5 Å². The first-order valence-corrected chi connectivity index (χ1v) is 10.6. The molecule has 30 heavy (non-hydrogen) atoms. The minimum atomic E-state index is -0.773. The number of nitrogens with one attached hydrogen (secondary N) is 1. The van der Waals surface area contributed by atoms with Crippen LogP contribution in [0, 0.1) is 6.92 Å². The van der Waals surface area contributed by atoms with E-state index in [1.807, 2.05) is 31.2 Å². The third-order valence-corrected chi connectivity index (χ3v) is 5.96. The number of amides is 1. The smallest absolute Gasteiger partial charge is 0.271 e. The van der Waals surface area contributed by atoms with Crippen LogP contribution in [0.4, 0.5) is 5.69 Å². The van der Waals surface area contributed by atoms with Gasteiger partial charge in [-0.25, -0.2) is 4.68 Å². The van der Waals surface area contributed by atoms with E-state index in [0.29, 0.717) is 17.1 Å². The maximum Gasteiger partial charge on any atom is 0.271 e. The summed E-state index contributed by atoms with van der Waals surface area (Å²) < 4.78 is 1.32. The van der Waals surface area contributed by atoms with Crippen molar-refractivity contribution in [2.45, 2.75) is 45.6 Å². The Morgan fingerprint density at radius 2 is 1.73 bits per heavy atom. The summed E-state index contributed by atoms with van der Waals surface area (Å²) in [6.45, 7) is 3.73. The summed E-state index contributed by atoms with van der Waals surface area (Å²) in [4.78, 5) is 26.1. The molecule has 4 rings (SSSR count). The number of fused-ring (bicyclic) bond motifs is 1. The largest absolute Gasteiger partial charge is 0.323 e. The number of para-hydroxylation sites is 1. The zero-order chi connectivity index (χ0) is 21.3. The van der Waals surface area contributed by atoms with Crippen LogP contribution in [0.15, 0.2) is 53.3 Å². The zero-order valence-corrected chi connectivity index (χ0v) is 17.9. The second kappa shape index (κ2) is 8.44. The lowest BCUT2D eigenvalue weighted by Gasteiger charge is -2.22. The Morgan fingerprint density at radius 1 is 1.07 bits per heavy atom. The fourth-order valence-corrected chi connectivity index (χ4v) is 4.05. The van der Waals surface area contributed by atoms with Gasteiger partial charge in [0.1, 0.15) is 6.04 Å². The second-order valence-corrected chi connectivity index (χ2v) is 8.18. The number of hydrogen-bond acceptors (Lipinski definition) is 3. The van der Waals surface area contributed by atoms with Gasteiger partial charge in [0.25, 0.3) is 5.56 Å². The first-order chi connectivity index (χ1) is 14.5. The normalized spacial score (nSPS) is 14.1. The van der Waals surface area contributed by atoms with E-state index in [1.54, 1.807) is 31.2 Å². The maximum atomic E-state index is 13.2. The number of nitrogens with zero attached hydrogens (tertiary/aromatic N) is 2. The molecule has 154 valence electrons. The number of rotatable bonds is 4. The number of carbonyl (C=O) groups excluding carboxylic acids is 1. The van der Waals surface area contributed by atoms with Crippen LogP contribution >= 0.6 is 11.6 Å². The minimum absolute atomic E-state index is 0.178. The Kier molecular flexibility index (Phi) is 5.73. The highest BCUT2D eigenvalue weighted by atomic mass is 35.5. The molecule has 0 unspecified atom stereocenters. The number of aryl methyl sites for hydroxylation is 1. The molecule has 0 saturated heterocycles. The van der Waals surface area contributed by atoms with Crippen molar-refractivity contribution >= 4 is 23.2 Å². The molecule has 0 bridgehead atoms. The van der Waals surface area contributed by atoms with Crippen molar-refractivity contribution < 1.29 is 4.79 Å². The molecule has 2 aromatic carbocycles. The first kappa shape index (κ1) is 20.4. The number of anilines is 1. The summed E-state index contributed by atoms with van der Waals surface area (Å²) in [7, 11) is 0. The molecule has 1 aliphatic rings. The topological polar surface area (TPSA) is 64.0 Å². The van der Waals surface area contributed by atoms with Crippen molar-refractivity contribution in [1.82, 2.24) is 9.78 Å². The third kappa shape index (κ3) is 3.90. The van der Waals surface area contributed by atoms with E-state index in [4.69, 9.17) is 11.6 Å². The van der Waals surface area contributed by atoms with E-state index >= 15 is 0 Å². The van der Waals surface area contributed by atoms with Crippen LogP contribution in [0.3, 0.4) is 0 Å². The molecule has 0 radical (unpaired) electrons. The van der Waals surface area contributed by atoms with Crippen molar-refractivity contribution in [2.24, 2.45) is 0 Å². The lowest BCUT2D eigenvalue weighted by atomic mass is 9.89. The van der Waals surface area contributed by atoms with Gasteiger partial charge in [-0.05, 0) is 57.2 Å². The first-order valence-electron chi connectivity index (χ1n) is 10.2. The predicted octanol–water partition coefficient (Wildman–Crippen LogP) is 4.95. The monoisotopic (exact) mass is 421 g/mol. The van der Waals surface area contributed by atoms with Gasteiger partial charge in [-0.1, -0.05) is 53.6 Å². The highest BCUT2D eigenvalue weighted by molar-refractivity contribution is 6.33. The van der Waals surface area contributed by atoms with E-state index in [0.717, 1.165) is 47.2 Å². The van der Waals surface area contributed by atoms with Crippen LogP contribution < -0.4 is 10.9 Å². The van der Waals surface area contributed by atoms with E-state index in [9.17, 15) is 9.59 Å². The molecule has 1 amide bonds. The summed E-state index contributed by atoms with van der Waals surface area (Å²) in [5.41, 5.74) is 5.05. The summed E-state index contributed by atoms with van der Waals surface area (Å²) in [5.74, 6) is -0.330. The van der Waals surface area contributed by atoms with Crippen LogP contribution in [0.25, 0.3) is 11.3 Å².